The first-order valence-electron chi connectivity index (χ1n) is 8.09. The van der Waals surface area contributed by atoms with Gasteiger partial charge in [-0.1, -0.05) is 36.4 Å². The van der Waals surface area contributed by atoms with E-state index < -0.39 is 0 Å². The lowest BCUT2D eigenvalue weighted by Gasteiger charge is -2.37. The summed E-state index contributed by atoms with van der Waals surface area (Å²) in [5.74, 6) is 0.949. The van der Waals surface area contributed by atoms with Crippen LogP contribution in [0.3, 0.4) is 0 Å². The lowest BCUT2D eigenvalue weighted by Crippen LogP contribution is -2.41. The molecule has 1 aliphatic rings. The van der Waals surface area contributed by atoms with Gasteiger partial charge in [0.1, 0.15) is 16.9 Å². The Hall–Kier alpha value is -2.75. The fraction of sp³-hybridized carbons (Fsp3) is 0.250. The summed E-state index contributed by atoms with van der Waals surface area (Å²) in [6.07, 6.45) is 0.704. The first-order chi connectivity index (χ1) is 11.5. The van der Waals surface area contributed by atoms with Gasteiger partial charge in [0, 0.05) is 17.4 Å². The van der Waals surface area contributed by atoms with Crippen molar-refractivity contribution in [3.8, 4) is 5.75 Å². The maximum Gasteiger partial charge on any atom is 0.287 e. The van der Waals surface area contributed by atoms with Gasteiger partial charge in [-0.05, 0) is 32.0 Å². The number of nitrogens with one attached hydrogen (secondary N) is 1. The van der Waals surface area contributed by atoms with Crippen LogP contribution in [0.2, 0.25) is 0 Å². The van der Waals surface area contributed by atoms with Crippen LogP contribution in [0.15, 0.2) is 59.0 Å². The first kappa shape index (κ1) is 14.8. The molecule has 1 aliphatic heterocycles. The third-order valence-electron chi connectivity index (χ3n) is 4.33. The second-order valence-electron chi connectivity index (χ2n) is 6.78. The molecule has 0 saturated heterocycles. The molecule has 3 aromatic rings. The Balaban J connectivity index is 1.63. The van der Waals surface area contributed by atoms with Gasteiger partial charge in [0.25, 0.3) is 5.91 Å². The summed E-state index contributed by atoms with van der Waals surface area (Å²) in [6.45, 7) is 4.06. The Labute approximate surface area is 140 Å². The van der Waals surface area contributed by atoms with Gasteiger partial charge < -0.3 is 14.5 Å². The Morgan fingerprint density at radius 1 is 1.12 bits per heavy atom. The first-order valence-corrected chi connectivity index (χ1v) is 8.09. The van der Waals surface area contributed by atoms with Crippen molar-refractivity contribution in [3.63, 3.8) is 0 Å². The van der Waals surface area contributed by atoms with Crippen molar-refractivity contribution in [2.45, 2.75) is 31.9 Å². The molecule has 122 valence electrons. The van der Waals surface area contributed by atoms with Gasteiger partial charge in [0.15, 0.2) is 5.76 Å². The number of para-hydroxylation sites is 2. The molecule has 2 aromatic carbocycles. The lowest BCUT2D eigenvalue weighted by molar-refractivity contribution is 0.0612. The van der Waals surface area contributed by atoms with E-state index in [0.717, 1.165) is 22.3 Å². The summed E-state index contributed by atoms with van der Waals surface area (Å²) in [7, 11) is 0. The zero-order chi connectivity index (χ0) is 16.7. The number of amides is 1. The average molecular weight is 321 g/mol. The lowest BCUT2D eigenvalue weighted by atomic mass is 9.89. The van der Waals surface area contributed by atoms with E-state index in [1.165, 1.54) is 0 Å². The Morgan fingerprint density at radius 2 is 1.88 bits per heavy atom. The molecule has 0 fully saturated rings. The number of carbonyl (C=O) groups excluding carboxylic acids is 1. The summed E-state index contributed by atoms with van der Waals surface area (Å²) in [5, 5.41) is 4.02. The highest BCUT2D eigenvalue weighted by Gasteiger charge is 2.34. The molecule has 0 radical (unpaired) electrons. The molecule has 24 heavy (non-hydrogen) atoms. The van der Waals surface area contributed by atoms with Gasteiger partial charge in [0.05, 0.1) is 6.04 Å². The number of fused-ring (bicyclic) bond motifs is 2. The van der Waals surface area contributed by atoms with Crippen molar-refractivity contribution in [2.75, 3.05) is 0 Å². The second kappa shape index (κ2) is 5.41. The summed E-state index contributed by atoms with van der Waals surface area (Å²) >= 11 is 0. The Kier molecular flexibility index (Phi) is 3.34. The van der Waals surface area contributed by atoms with Crippen LogP contribution in [0, 0.1) is 0 Å². The largest absolute Gasteiger partial charge is 0.487 e. The number of carbonyl (C=O) groups is 1. The van der Waals surface area contributed by atoms with E-state index in [-0.39, 0.29) is 17.6 Å². The summed E-state index contributed by atoms with van der Waals surface area (Å²) in [4.78, 5) is 12.7. The van der Waals surface area contributed by atoms with E-state index in [4.69, 9.17) is 9.15 Å². The van der Waals surface area contributed by atoms with Crippen molar-refractivity contribution in [3.05, 3.63) is 65.9 Å². The molecular weight excluding hydrogens is 302 g/mol. The quantitative estimate of drug-likeness (QED) is 0.758. The number of benzene rings is 2. The third-order valence-corrected chi connectivity index (χ3v) is 4.33. The molecule has 1 aromatic heterocycles. The normalized spacial score (nSPS) is 18.7. The van der Waals surface area contributed by atoms with Crippen molar-refractivity contribution in [1.29, 1.82) is 0 Å². The van der Waals surface area contributed by atoms with E-state index >= 15 is 0 Å². The van der Waals surface area contributed by atoms with Crippen molar-refractivity contribution < 1.29 is 13.9 Å². The Bertz CT molecular complexity index is 877. The Morgan fingerprint density at radius 3 is 2.71 bits per heavy atom. The van der Waals surface area contributed by atoms with Crippen LogP contribution in [-0.2, 0) is 0 Å². The maximum absolute atomic E-state index is 12.7. The van der Waals surface area contributed by atoms with Gasteiger partial charge in [-0.2, -0.15) is 0 Å². The van der Waals surface area contributed by atoms with Crippen molar-refractivity contribution >= 4 is 16.9 Å². The molecule has 4 nitrogen and oxygen atoms in total. The van der Waals surface area contributed by atoms with Crippen molar-refractivity contribution in [1.82, 2.24) is 5.32 Å². The summed E-state index contributed by atoms with van der Waals surface area (Å²) in [5.41, 5.74) is 1.39. The molecular formula is C20H19NO3. The molecule has 0 aliphatic carbocycles. The van der Waals surface area contributed by atoms with Crippen LogP contribution in [0.5, 0.6) is 5.75 Å². The molecule has 1 amide bonds. The van der Waals surface area contributed by atoms with Crippen LogP contribution >= 0.6 is 0 Å². The van der Waals surface area contributed by atoms with E-state index in [1.807, 2.05) is 62.4 Å². The highest BCUT2D eigenvalue weighted by atomic mass is 16.5. The predicted octanol–water partition coefficient (Wildman–Crippen LogP) is 4.47. The van der Waals surface area contributed by atoms with E-state index in [1.54, 1.807) is 6.07 Å². The molecule has 2 heterocycles. The standard InChI is InChI=1S/C20H19NO3/c1-20(2)12-15(14-8-4-6-10-17(14)24-20)21-19(22)18-11-13-7-3-5-9-16(13)23-18/h3-11,15H,12H2,1-2H3,(H,21,22)/t15-/m1/s1. The zero-order valence-corrected chi connectivity index (χ0v) is 13.7. The fourth-order valence-corrected chi connectivity index (χ4v) is 3.25. The van der Waals surface area contributed by atoms with Crippen LogP contribution < -0.4 is 10.1 Å². The smallest absolute Gasteiger partial charge is 0.287 e. The van der Waals surface area contributed by atoms with E-state index in [0.29, 0.717) is 12.2 Å². The average Bonchev–Trinajstić information content (AvgIpc) is 2.98. The van der Waals surface area contributed by atoms with Gasteiger partial charge in [0.2, 0.25) is 0 Å². The number of ether oxygens (including phenoxy) is 1. The molecule has 4 rings (SSSR count). The topological polar surface area (TPSA) is 51.5 Å². The second-order valence-corrected chi connectivity index (χ2v) is 6.78. The number of furan rings is 1. The summed E-state index contributed by atoms with van der Waals surface area (Å²) in [6, 6.07) is 17.1. The summed E-state index contributed by atoms with van der Waals surface area (Å²) < 4.78 is 11.7. The molecule has 0 saturated carbocycles. The van der Waals surface area contributed by atoms with Crippen LogP contribution in [0.25, 0.3) is 11.0 Å². The minimum Gasteiger partial charge on any atom is -0.487 e. The molecule has 4 heteroatoms. The highest BCUT2D eigenvalue weighted by Crippen LogP contribution is 2.39. The molecule has 1 N–H and O–H groups in total. The maximum atomic E-state index is 12.7. The van der Waals surface area contributed by atoms with Gasteiger partial charge in [-0.3, -0.25) is 4.79 Å². The predicted molar refractivity (Wildman–Crippen MR) is 92.2 cm³/mol. The van der Waals surface area contributed by atoms with Crippen molar-refractivity contribution in [2.24, 2.45) is 0 Å². The van der Waals surface area contributed by atoms with Gasteiger partial charge in [-0.25, -0.2) is 0 Å². The molecule has 0 bridgehead atoms. The monoisotopic (exact) mass is 321 g/mol. The number of rotatable bonds is 2. The van der Waals surface area contributed by atoms with E-state index in [2.05, 4.69) is 5.32 Å². The third kappa shape index (κ3) is 2.64. The van der Waals surface area contributed by atoms with Gasteiger partial charge >= 0.3 is 0 Å². The zero-order valence-electron chi connectivity index (χ0n) is 13.7. The SMILES string of the molecule is CC1(C)C[C@@H](NC(=O)c2cc3ccccc3o2)c2ccccc2O1. The van der Waals surface area contributed by atoms with Crippen LogP contribution in [0.1, 0.15) is 42.4 Å². The minimum atomic E-state index is -0.333. The number of hydrogen-bond acceptors (Lipinski definition) is 3. The van der Waals surface area contributed by atoms with E-state index in [9.17, 15) is 4.79 Å². The highest BCUT2D eigenvalue weighted by molar-refractivity contribution is 5.96. The van der Waals surface area contributed by atoms with Gasteiger partial charge in [-0.15, -0.1) is 0 Å². The molecule has 0 spiro atoms. The fourth-order valence-electron chi connectivity index (χ4n) is 3.25. The van der Waals surface area contributed by atoms with Crippen LogP contribution in [-0.4, -0.2) is 11.5 Å². The van der Waals surface area contributed by atoms with Crippen LogP contribution in [0.4, 0.5) is 0 Å². The molecule has 0 unspecified atom stereocenters. The minimum absolute atomic E-state index is 0.106. The molecule has 1 atom stereocenters. The number of hydrogen-bond donors (Lipinski definition) is 1.